The molecule has 1 aromatic carbocycles. The van der Waals surface area contributed by atoms with Crippen molar-refractivity contribution in [1.82, 2.24) is 0 Å². The van der Waals surface area contributed by atoms with Crippen LogP contribution in [0.3, 0.4) is 0 Å². The fraction of sp³-hybridized carbons (Fsp3) is 0.400. The molecule has 2 N–H and O–H groups in total. The van der Waals surface area contributed by atoms with Gasteiger partial charge in [-0.05, 0) is 18.6 Å². The molecule has 0 aliphatic heterocycles. The molecule has 0 bridgehead atoms. The van der Waals surface area contributed by atoms with Crippen LogP contribution in [0.15, 0.2) is 18.2 Å². The van der Waals surface area contributed by atoms with Crippen molar-refractivity contribution >= 4 is 13.5 Å². The SMILES string of the molecule is CC.[B]Cc1cccc(N)c1C. The van der Waals surface area contributed by atoms with Crippen molar-refractivity contribution in [3.05, 3.63) is 29.3 Å². The molecule has 0 saturated heterocycles. The maximum absolute atomic E-state index is 5.64. The van der Waals surface area contributed by atoms with Crippen molar-refractivity contribution in [2.45, 2.75) is 27.1 Å². The van der Waals surface area contributed by atoms with Gasteiger partial charge in [0.25, 0.3) is 0 Å². The van der Waals surface area contributed by atoms with Gasteiger partial charge in [-0.25, -0.2) is 0 Å². The summed E-state index contributed by atoms with van der Waals surface area (Å²) in [6.45, 7) is 5.98. The second kappa shape index (κ2) is 5.70. The summed E-state index contributed by atoms with van der Waals surface area (Å²) in [4.78, 5) is 0. The molecule has 64 valence electrons. The van der Waals surface area contributed by atoms with Crippen molar-refractivity contribution in [2.24, 2.45) is 0 Å². The number of nitrogen functional groups attached to an aromatic ring is 1. The second-order valence-electron chi connectivity index (χ2n) is 2.34. The monoisotopic (exact) mass is 161 g/mol. The van der Waals surface area contributed by atoms with E-state index in [-0.39, 0.29) is 0 Å². The summed E-state index contributed by atoms with van der Waals surface area (Å²) in [5.74, 6) is 0. The number of benzene rings is 1. The number of nitrogens with two attached hydrogens (primary N) is 1. The first-order valence-corrected chi connectivity index (χ1v) is 4.29. The average molecular weight is 161 g/mol. The molecule has 0 heterocycles. The van der Waals surface area contributed by atoms with Gasteiger partial charge in [-0.1, -0.05) is 37.9 Å². The first-order valence-electron chi connectivity index (χ1n) is 4.29. The molecular weight excluding hydrogens is 145 g/mol. The summed E-state index contributed by atoms with van der Waals surface area (Å²) < 4.78 is 0. The zero-order valence-electron chi connectivity index (χ0n) is 8.09. The summed E-state index contributed by atoms with van der Waals surface area (Å²) >= 11 is 0. The molecule has 0 unspecified atom stereocenters. The first kappa shape index (κ1) is 11.1. The van der Waals surface area contributed by atoms with E-state index in [1.165, 1.54) is 0 Å². The highest BCUT2D eigenvalue weighted by molar-refractivity contribution is 6.08. The first-order chi connectivity index (χ1) is 5.75. The van der Waals surface area contributed by atoms with Gasteiger partial charge in [0.2, 0.25) is 0 Å². The molecule has 2 radical (unpaired) electrons. The van der Waals surface area contributed by atoms with E-state index in [2.05, 4.69) is 0 Å². The number of anilines is 1. The average Bonchev–Trinajstić information content (AvgIpc) is 2.13. The van der Waals surface area contributed by atoms with Crippen LogP contribution in [0, 0.1) is 6.92 Å². The van der Waals surface area contributed by atoms with E-state index in [1.807, 2.05) is 39.0 Å². The van der Waals surface area contributed by atoms with Gasteiger partial charge in [0, 0.05) is 5.69 Å². The van der Waals surface area contributed by atoms with Crippen LogP contribution in [0.25, 0.3) is 0 Å². The van der Waals surface area contributed by atoms with Gasteiger partial charge in [0.05, 0.1) is 7.85 Å². The van der Waals surface area contributed by atoms with E-state index in [0.717, 1.165) is 16.8 Å². The van der Waals surface area contributed by atoms with Gasteiger partial charge < -0.3 is 5.73 Å². The Morgan fingerprint density at radius 2 is 1.92 bits per heavy atom. The van der Waals surface area contributed by atoms with Gasteiger partial charge in [-0.3, -0.25) is 0 Å². The highest BCUT2D eigenvalue weighted by Gasteiger charge is 1.96. The van der Waals surface area contributed by atoms with Crippen LogP contribution < -0.4 is 5.73 Å². The normalized spacial score (nSPS) is 8.58. The predicted octanol–water partition coefficient (Wildman–Crippen LogP) is 2.27. The minimum absolute atomic E-state index is 0.566. The number of hydrogen-bond acceptors (Lipinski definition) is 1. The minimum Gasteiger partial charge on any atom is -0.399 e. The van der Waals surface area contributed by atoms with Crippen molar-refractivity contribution in [3.8, 4) is 0 Å². The summed E-state index contributed by atoms with van der Waals surface area (Å²) in [7, 11) is 5.46. The van der Waals surface area contributed by atoms with Crippen molar-refractivity contribution in [3.63, 3.8) is 0 Å². The van der Waals surface area contributed by atoms with Crippen LogP contribution >= 0.6 is 0 Å². The van der Waals surface area contributed by atoms with Gasteiger partial charge in [0.15, 0.2) is 0 Å². The Bertz CT molecular complexity index is 233. The molecule has 0 spiro atoms. The Labute approximate surface area is 76.4 Å². The molecular formula is C10H16BN. The highest BCUT2D eigenvalue weighted by atomic mass is 14.5. The minimum atomic E-state index is 0.566. The van der Waals surface area contributed by atoms with E-state index in [1.54, 1.807) is 0 Å². The van der Waals surface area contributed by atoms with Crippen molar-refractivity contribution in [1.29, 1.82) is 0 Å². The molecule has 0 saturated carbocycles. The van der Waals surface area contributed by atoms with E-state index < -0.39 is 0 Å². The molecule has 0 aromatic heterocycles. The summed E-state index contributed by atoms with van der Waals surface area (Å²) in [5, 5.41) is 0. The molecule has 1 aromatic rings. The fourth-order valence-corrected chi connectivity index (χ4v) is 0.924. The third-order valence-electron chi connectivity index (χ3n) is 1.71. The smallest absolute Gasteiger partial charge is 0.0716 e. The second-order valence-corrected chi connectivity index (χ2v) is 2.34. The van der Waals surface area contributed by atoms with Gasteiger partial charge in [0.1, 0.15) is 0 Å². The number of rotatable bonds is 1. The van der Waals surface area contributed by atoms with E-state index in [0.29, 0.717) is 6.32 Å². The zero-order chi connectivity index (χ0) is 9.56. The maximum Gasteiger partial charge on any atom is 0.0716 e. The lowest BCUT2D eigenvalue weighted by Gasteiger charge is -2.04. The molecule has 2 heteroatoms. The molecule has 1 nitrogen and oxygen atoms in total. The third-order valence-corrected chi connectivity index (χ3v) is 1.71. The van der Waals surface area contributed by atoms with Gasteiger partial charge in [-0.15, -0.1) is 0 Å². The standard InChI is InChI=1S/C8H10BN.C2H6/c1-6-7(5-9)3-2-4-8(6)10;1-2/h2-4H,5,10H2,1H3;1-2H3. The van der Waals surface area contributed by atoms with E-state index in [9.17, 15) is 0 Å². The summed E-state index contributed by atoms with van der Waals surface area (Å²) in [6.07, 6.45) is 0.566. The lowest BCUT2D eigenvalue weighted by atomic mass is 9.93. The van der Waals surface area contributed by atoms with E-state index >= 15 is 0 Å². The van der Waals surface area contributed by atoms with Crippen LogP contribution in [0.5, 0.6) is 0 Å². The predicted molar refractivity (Wildman–Crippen MR) is 56.4 cm³/mol. The lowest BCUT2D eigenvalue weighted by Crippen LogP contribution is -1.94. The van der Waals surface area contributed by atoms with Crippen LogP contribution in [-0.4, -0.2) is 7.85 Å². The van der Waals surface area contributed by atoms with Crippen molar-refractivity contribution < 1.29 is 0 Å². The Balaban J connectivity index is 0.000000561. The molecule has 0 aliphatic carbocycles. The molecule has 0 aliphatic rings. The van der Waals surface area contributed by atoms with Crippen LogP contribution in [0.4, 0.5) is 5.69 Å². The van der Waals surface area contributed by atoms with Crippen LogP contribution in [0.2, 0.25) is 0 Å². The molecule has 12 heavy (non-hydrogen) atoms. The molecule has 0 amide bonds. The Hall–Kier alpha value is -0.915. The fourth-order valence-electron chi connectivity index (χ4n) is 0.924. The highest BCUT2D eigenvalue weighted by Crippen LogP contribution is 2.14. The van der Waals surface area contributed by atoms with Gasteiger partial charge in [-0.2, -0.15) is 0 Å². The topological polar surface area (TPSA) is 26.0 Å². The Kier molecular flexibility index (Phi) is 5.26. The Morgan fingerprint density at radius 1 is 1.33 bits per heavy atom. The Morgan fingerprint density at radius 3 is 2.33 bits per heavy atom. The lowest BCUT2D eigenvalue weighted by molar-refractivity contribution is 1.30. The third kappa shape index (κ3) is 2.61. The molecule has 1 rings (SSSR count). The molecule has 0 fully saturated rings. The van der Waals surface area contributed by atoms with Gasteiger partial charge >= 0.3 is 0 Å². The van der Waals surface area contributed by atoms with Crippen molar-refractivity contribution in [2.75, 3.05) is 5.73 Å². The largest absolute Gasteiger partial charge is 0.399 e. The quantitative estimate of drug-likeness (QED) is 0.496. The van der Waals surface area contributed by atoms with Crippen LogP contribution in [-0.2, 0) is 6.32 Å². The maximum atomic E-state index is 5.64. The summed E-state index contributed by atoms with van der Waals surface area (Å²) in [6, 6.07) is 5.80. The van der Waals surface area contributed by atoms with Crippen LogP contribution in [0.1, 0.15) is 25.0 Å². The van der Waals surface area contributed by atoms with E-state index in [4.69, 9.17) is 13.6 Å². The summed E-state index contributed by atoms with van der Waals surface area (Å²) in [5.41, 5.74) is 8.69. The number of hydrogen-bond donors (Lipinski definition) is 1. The zero-order valence-corrected chi connectivity index (χ0v) is 8.09. The molecule has 0 atom stereocenters.